The molecule has 2 heterocycles. The van der Waals surface area contributed by atoms with Crippen molar-refractivity contribution in [1.82, 2.24) is 10.2 Å². The maximum absolute atomic E-state index is 11.3. The van der Waals surface area contributed by atoms with Crippen molar-refractivity contribution in [3.05, 3.63) is 47.3 Å². The van der Waals surface area contributed by atoms with Crippen molar-refractivity contribution in [3.8, 4) is 0 Å². The first-order valence-corrected chi connectivity index (χ1v) is 5.91. The lowest BCUT2D eigenvalue weighted by atomic mass is 9.95. The second-order valence-electron chi connectivity index (χ2n) is 4.47. The van der Waals surface area contributed by atoms with Gasteiger partial charge in [-0.15, -0.1) is 0 Å². The van der Waals surface area contributed by atoms with Crippen LogP contribution in [0.2, 0.25) is 0 Å². The van der Waals surface area contributed by atoms with E-state index in [2.05, 4.69) is 21.6 Å². The molecule has 2 aromatic rings. The lowest BCUT2D eigenvalue weighted by molar-refractivity contribution is -0.116. The molecule has 92 valence electrons. The molecular weight excluding hydrogens is 228 g/mol. The van der Waals surface area contributed by atoms with Crippen LogP contribution in [0.25, 0.3) is 0 Å². The lowest BCUT2D eigenvalue weighted by Crippen LogP contribution is -2.20. The molecule has 1 aliphatic rings. The van der Waals surface area contributed by atoms with E-state index >= 15 is 0 Å². The number of nitrogens with one attached hydrogen (secondary N) is 2. The number of aryl methyl sites for hydroxylation is 1. The van der Waals surface area contributed by atoms with Crippen LogP contribution in [0.3, 0.4) is 0 Å². The van der Waals surface area contributed by atoms with Gasteiger partial charge in [-0.05, 0) is 23.6 Å². The summed E-state index contributed by atoms with van der Waals surface area (Å²) in [6.45, 7) is 0. The number of carbonyl (C=O) groups is 1. The fourth-order valence-electron chi connectivity index (χ4n) is 2.22. The zero-order chi connectivity index (χ0) is 12.5. The van der Waals surface area contributed by atoms with Crippen LogP contribution >= 0.6 is 0 Å². The van der Waals surface area contributed by atoms with Gasteiger partial charge in [0.2, 0.25) is 5.91 Å². The number of rotatable bonds is 2. The summed E-state index contributed by atoms with van der Waals surface area (Å²) in [7, 11) is 0. The Labute approximate surface area is 104 Å². The highest BCUT2D eigenvalue weighted by Gasteiger charge is 2.17. The van der Waals surface area contributed by atoms with E-state index in [1.54, 1.807) is 12.4 Å². The molecule has 5 heteroatoms. The SMILES string of the molecule is NC(c1cn[nH]c1)c1ccc2c(c1)CCC(=O)N2. The number of fused-ring (bicyclic) bond motifs is 1. The number of anilines is 1. The Hall–Kier alpha value is -2.14. The monoisotopic (exact) mass is 242 g/mol. The summed E-state index contributed by atoms with van der Waals surface area (Å²) in [6, 6.07) is 5.74. The maximum Gasteiger partial charge on any atom is 0.224 e. The second kappa shape index (κ2) is 4.27. The molecule has 1 amide bonds. The predicted molar refractivity (Wildman–Crippen MR) is 68.0 cm³/mol. The quantitative estimate of drug-likeness (QED) is 0.743. The Balaban J connectivity index is 1.93. The highest BCUT2D eigenvalue weighted by molar-refractivity contribution is 5.93. The molecular formula is C13H14N4O. The van der Waals surface area contributed by atoms with Crippen molar-refractivity contribution in [2.75, 3.05) is 5.32 Å². The van der Waals surface area contributed by atoms with Crippen molar-refractivity contribution < 1.29 is 4.79 Å². The average Bonchev–Trinajstić information content (AvgIpc) is 2.91. The topological polar surface area (TPSA) is 83.8 Å². The molecule has 18 heavy (non-hydrogen) atoms. The summed E-state index contributed by atoms with van der Waals surface area (Å²) in [5.74, 6) is 0.0781. The molecule has 0 fully saturated rings. The van der Waals surface area contributed by atoms with Gasteiger partial charge < -0.3 is 11.1 Å². The molecule has 5 nitrogen and oxygen atoms in total. The summed E-state index contributed by atoms with van der Waals surface area (Å²) >= 11 is 0. The van der Waals surface area contributed by atoms with Gasteiger partial charge >= 0.3 is 0 Å². The number of benzene rings is 1. The van der Waals surface area contributed by atoms with Crippen LogP contribution in [0, 0.1) is 0 Å². The van der Waals surface area contributed by atoms with Crippen molar-refractivity contribution >= 4 is 11.6 Å². The highest BCUT2D eigenvalue weighted by Crippen LogP contribution is 2.27. The van der Waals surface area contributed by atoms with Gasteiger partial charge in [0, 0.05) is 23.9 Å². The van der Waals surface area contributed by atoms with E-state index in [0.717, 1.165) is 28.8 Å². The van der Waals surface area contributed by atoms with E-state index in [-0.39, 0.29) is 11.9 Å². The van der Waals surface area contributed by atoms with E-state index < -0.39 is 0 Å². The van der Waals surface area contributed by atoms with E-state index in [9.17, 15) is 4.79 Å². The molecule has 1 unspecified atom stereocenters. The number of nitrogens with two attached hydrogens (primary N) is 1. The summed E-state index contributed by atoms with van der Waals surface area (Å²) in [6.07, 6.45) is 4.84. The Kier molecular flexibility index (Phi) is 2.60. The molecule has 0 saturated carbocycles. The first kappa shape index (κ1) is 11.0. The summed E-state index contributed by atoms with van der Waals surface area (Å²) < 4.78 is 0. The molecule has 0 spiro atoms. The number of aromatic amines is 1. The van der Waals surface area contributed by atoms with Crippen LogP contribution in [-0.4, -0.2) is 16.1 Å². The largest absolute Gasteiger partial charge is 0.326 e. The summed E-state index contributed by atoms with van der Waals surface area (Å²) in [5.41, 5.74) is 10.2. The number of nitrogens with zero attached hydrogens (tertiary/aromatic N) is 1. The maximum atomic E-state index is 11.3. The van der Waals surface area contributed by atoms with Gasteiger partial charge in [0.05, 0.1) is 12.2 Å². The van der Waals surface area contributed by atoms with Gasteiger partial charge in [-0.2, -0.15) is 5.10 Å². The van der Waals surface area contributed by atoms with Gasteiger partial charge in [0.15, 0.2) is 0 Å². The van der Waals surface area contributed by atoms with Gasteiger partial charge in [0.25, 0.3) is 0 Å². The molecule has 0 aliphatic carbocycles. The average molecular weight is 242 g/mol. The van der Waals surface area contributed by atoms with Crippen molar-refractivity contribution in [1.29, 1.82) is 0 Å². The highest BCUT2D eigenvalue weighted by atomic mass is 16.1. The molecule has 0 radical (unpaired) electrons. The number of amides is 1. The molecule has 0 saturated heterocycles. The van der Waals surface area contributed by atoms with Crippen LogP contribution in [0.1, 0.15) is 29.2 Å². The Morgan fingerprint density at radius 1 is 1.28 bits per heavy atom. The van der Waals surface area contributed by atoms with Crippen LogP contribution in [0.15, 0.2) is 30.6 Å². The lowest BCUT2D eigenvalue weighted by Gasteiger charge is -2.19. The van der Waals surface area contributed by atoms with Crippen molar-refractivity contribution in [2.24, 2.45) is 5.73 Å². The minimum Gasteiger partial charge on any atom is -0.326 e. The van der Waals surface area contributed by atoms with Gasteiger partial charge in [-0.25, -0.2) is 0 Å². The molecule has 3 rings (SSSR count). The Morgan fingerprint density at radius 3 is 2.94 bits per heavy atom. The Morgan fingerprint density at radius 2 is 2.17 bits per heavy atom. The molecule has 1 aromatic heterocycles. The van der Waals surface area contributed by atoms with E-state index in [0.29, 0.717) is 6.42 Å². The van der Waals surface area contributed by atoms with Crippen LogP contribution in [0.5, 0.6) is 0 Å². The minimum absolute atomic E-state index is 0.0781. The third-order valence-electron chi connectivity index (χ3n) is 3.26. The summed E-state index contributed by atoms with van der Waals surface area (Å²) in [4.78, 5) is 11.3. The first-order valence-electron chi connectivity index (χ1n) is 5.91. The molecule has 1 aliphatic heterocycles. The Bertz CT molecular complexity index is 577. The number of hydrogen-bond acceptors (Lipinski definition) is 3. The number of H-pyrrole nitrogens is 1. The van der Waals surface area contributed by atoms with E-state index in [1.807, 2.05) is 12.1 Å². The third kappa shape index (κ3) is 1.89. The van der Waals surface area contributed by atoms with Crippen molar-refractivity contribution in [3.63, 3.8) is 0 Å². The smallest absolute Gasteiger partial charge is 0.224 e. The molecule has 0 bridgehead atoms. The fraction of sp³-hybridized carbons (Fsp3) is 0.231. The van der Waals surface area contributed by atoms with Gasteiger partial charge in [-0.3, -0.25) is 9.89 Å². The second-order valence-corrected chi connectivity index (χ2v) is 4.47. The normalized spacial score (nSPS) is 15.9. The predicted octanol–water partition coefficient (Wildman–Crippen LogP) is 1.34. The minimum atomic E-state index is -0.188. The molecule has 4 N–H and O–H groups in total. The standard InChI is InChI=1S/C13H14N4O/c14-13(10-6-15-16-7-10)9-1-3-11-8(5-9)2-4-12(18)17-11/h1,3,5-7,13H,2,4,14H2,(H,15,16)(H,17,18). The van der Waals surface area contributed by atoms with Crippen LogP contribution in [-0.2, 0) is 11.2 Å². The first-order chi connectivity index (χ1) is 8.74. The van der Waals surface area contributed by atoms with Crippen molar-refractivity contribution in [2.45, 2.75) is 18.9 Å². The fourth-order valence-corrected chi connectivity index (χ4v) is 2.22. The molecule has 1 atom stereocenters. The number of hydrogen-bond donors (Lipinski definition) is 3. The van der Waals surface area contributed by atoms with Crippen LogP contribution in [0.4, 0.5) is 5.69 Å². The number of aromatic nitrogens is 2. The number of carbonyl (C=O) groups excluding carboxylic acids is 1. The van der Waals surface area contributed by atoms with Gasteiger partial charge in [-0.1, -0.05) is 12.1 Å². The zero-order valence-corrected chi connectivity index (χ0v) is 9.81. The molecule has 1 aromatic carbocycles. The third-order valence-corrected chi connectivity index (χ3v) is 3.26. The van der Waals surface area contributed by atoms with Gasteiger partial charge in [0.1, 0.15) is 0 Å². The van der Waals surface area contributed by atoms with E-state index in [1.165, 1.54) is 0 Å². The van der Waals surface area contributed by atoms with Crippen LogP contribution < -0.4 is 11.1 Å². The zero-order valence-electron chi connectivity index (χ0n) is 9.81. The summed E-state index contributed by atoms with van der Waals surface area (Å²) in [5, 5.41) is 9.53. The van der Waals surface area contributed by atoms with E-state index in [4.69, 9.17) is 5.73 Å².